The van der Waals surface area contributed by atoms with Crippen molar-refractivity contribution in [3.8, 4) is 0 Å². The third-order valence-corrected chi connectivity index (χ3v) is 4.52. The van der Waals surface area contributed by atoms with E-state index in [-0.39, 0.29) is 11.5 Å². The zero-order valence-electron chi connectivity index (χ0n) is 10.6. The molecule has 0 aliphatic heterocycles. The molecule has 1 aromatic heterocycles. The summed E-state index contributed by atoms with van der Waals surface area (Å²) in [4.78, 5) is 0.201. The van der Waals surface area contributed by atoms with E-state index in [0.717, 1.165) is 0 Å². The second-order valence-corrected chi connectivity index (χ2v) is 5.68. The van der Waals surface area contributed by atoms with Crippen LogP contribution in [0.4, 0.5) is 0 Å². The third-order valence-electron chi connectivity index (χ3n) is 2.75. The lowest BCUT2D eigenvalue weighted by Gasteiger charge is -2.14. The summed E-state index contributed by atoms with van der Waals surface area (Å²) in [5.74, 6) is 0. The van der Waals surface area contributed by atoms with E-state index in [1.54, 1.807) is 20.9 Å². The van der Waals surface area contributed by atoms with Crippen LogP contribution in [-0.4, -0.2) is 36.0 Å². The molecular weight excluding hydrogens is 242 g/mol. The summed E-state index contributed by atoms with van der Waals surface area (Å²) in [5.41, 5.74) is 1.05. The Morgan fingerprint density at radius 3 is 2.41 bits per heavy atom. The van der Waals surface area contributed by atoms with E-state index < -0.39 is 16.1 Å². The van der Waals surface area contributed by atoms with Gasteiger partial charge in [-0.15, -0.1) is 0 Å². The van der Waals surface area contributed by atoms with E-state index in [4.69, 9.17) is 5.11 Å². The molecular formula is C10H19N3O3S. The Morgan fingerprint density at radius 1 is 1.47 bits per heavy atom. The highest BCUT2D eigenvalue weighted by molar-refractivity contribution is 7.89. The number of rotatable bonds is 5. The van der Waals surface area contributed by atoms with Crippen LogP contribution in [0, 0.1) is 13.8 Å². The summed E-state index contributed by atoms with van der Waals surface area (Å²) >= 11 is 0. The lowest BCUT2D eigenvalue weighted by Crippen LogP contribution is -2.37. The van der Waals surface area contributed by atoms with Crippen LogP contribution in [0.3, 0.4) is 0 Å². The molecule has 0 aliphatic rings. The molecule has 0 spiro atoms. The standard InChI is InChI=1S/C10H19N3O3S/c1-5-9(6-14)12-17(15,16)10-7(2)11-13(4)8(10)3/h9,12,14H,5-6H2,1-4H3/t9-/m1/s1. The highest BCUT2D eigenvalue weighted by Crippen LogP contribution is 2.18. The molecule has 0 saturated heterocycles. The van der Waals surface area contributed by atoms with Gasteiger partial charge in [-0.05, 0) is 20.3 Å². The summed E-state index contributed by atoms with van der Waals surface area (Å²) in [7, 11) is -1.92. The van der Waals surface area contributed by atoms with Crippen molar-refractivity contribution >= 4 is 10.0 Å². The molecule has 0 unspecified atom stereocenters. The van der Waals surface area contributed by atoms with Crippen molar-refractivity contribution in [3.63, 3.8) is 0 Å². The quantitative estimate of drug-likeness (QED) is 0.786. The first kappa shape index (κ1) is 14.1. The molecule has 6 nitrogen and oxygen atoms in total. The number of hydrogen-bond acceptors (Lipinski definition) is 4. The van der Waals surface area contributed by atoms with Crippen LogP contribution in [0.5, 0.6) is 0 Å². The van der Waals surface area contributed by atoms with Crippen molar-refractivity contribution in [3.05, 3.63) is 11.4 Å². The Bertz CT molecular complexity index is 489. The topological polar surface area (TPSA) is 84.2 Å². The second-order valence-electron chi connectivity index (χ2n) is 4.03. The fourth-order valence-corrected chi connectivity index (χ4v) is 3.42. The molecule has 0 radical (unpaired) electrons. The molecule has 2 N–H and O–H groups in total. The second kappa shape index (κ2) is 5.16. The van der Waals surface area contributed by atoms with Gasteiger partial charge in [-0.25, -0.2) is 13.1 Å². The van der Waals surface area contributed by atoms with Crippen molar-refractivity contribution in [1.82, 2.24) is 14.5 Å². The van der Waals surface area contributed by atoms with Gasteiger partial charge in [0.1, 0.15) is 4.90 Å². The van der Waals surface area contributed by atoms with Crippen molar-refractivity contribution in [2.24, 2.45) is 7.05 Å². The largest absolute Gasteiger partial charge is 0.395 e. The highest BCUT2D eigenvalue weighted by atomic mass is 32.2. The van der Waals surface area contributed by atoms with Crippen LogP contribution in [0.1, 0.15) is 24.7 Å². The maximum Gasteiger partial charge on any atom is 0.244 e. The fraction of sp³-hybridized carbons (Fsp3) is 0.700. The van der Waals surface area contributed by atoms with Crippen molar-refractivity contribution in [1.29, 1.82) is 0 Å². The number of aliphatic hydroxyl groups is 1. The third kappa shape index (κ3) is 2.85. The zero-order chi connectivity index (χ0) is 13.2. The first-order valence-corrected chi connectivity index (χ1v) is 6.95. The van der Waals surface area contributed by atoms with E-state index in [0.29, 0.717) is 17.8 Å². The molecule has 0 amide bonds. The predicted octanol–water partition coefficient (Wildman–Crippen LogP) is 0.0861. The average molecular weight is 261 g/mol. The Hall–Kier alpha value is -0.920. The Morgan fingerprint density at radius 2 is 2.06 bits per heavy atom. The minimum Gasteiger partial charge on any atom is -0.395 e. The van der Waals surface area contributed by atoms with Gasteiger partial charge in [0.05, 0.1) is 18.0 Å². The summed E-state index contributed by atoms with van der Waals surface area (Å²) < 4.78 is 28.3. The highest BCUT2D eigenvalue weighted by Gasteiger charge is 2.25. The van der Waals surface area contributed by atoms with Gasteiger partial charge in [-0.3, -0.25) is 4.68 Å². The van der Waals surface area contributed by atoms with Gasteiger partial charge >= 0.3 is 0 Å². The van der Waals surface area contributed by atoms with Crippen LogP contribution in [0.2, 0.25) is 0 Å². The molecule has 0 saturated carbocycles. The summed E-state index contributed by atoms with van der Waals surface area (Å²) in [6.45, 7) is 4.95. The predicted molar refractivity (Wildman–Crippen MR) is 64.2 cm³/mol. The van der Waals surface area contributed by atoms with Crippen molar-refractivity contribution in [2.75, 3.05) is 6.61 Å². The fourth-order valence-electron chi connectivity index (χ4n) is 1.67. The maximum atomic E-state index is 12.1. The normalized spacial score (nSPS) is 13.9. The molecule has 17 heavy (non-hydrogen) atoms. The Kier molecular flexibility index (Phi) is 4.29. The number of nitrogens with one attached hydrogen (secondary N) is 1. The summed E-state index contributed by atoms with van der Waals surface area (Å²) in [6, 6.07) is -0.459. The van der Waals surface area contributed by atoms with Crippen LogP contribution in [-0.2, 0) is 17.1 Å². The SMILES string of the molecule is CC[C@H](CO)NS(=O)(=O)c1c(C)nn(C)c1C. The van der Waals surface area contributed by atoms with Crippen molar-refractivity contribution < 1.29 is 13.5 Å². The minimum absolute atomic E-state index is 0.201. The first-order chi connectivity index (χ1) is 7.83. The van der Waals surface area contributed by atoms with Gasteiger partial charge in [0.2, 0.25) is 10.0 Å². The average Bonchev–Trinajstić information content (AvgIpc) is 2.50. The first-order valence-electron chi connectivity index (χ1n) is 5.46. The molecule has 0 aliphatic carbocycles. The zero-order valence-corrected chi connectivity index (χ0v) is 11.4. The van der Waals surface area contributed by atoms with Crippen LogP contribution in [0.25, 0.3) is 0 Å². The summed E-state index contributed by atoms with van der Waals surface area (Å²) in [5, 5.41) is 13.1. The molecule has 0 aromatic carbocycles. The number of sulfonamides is 1. The number of aromatic nitrogens is 2. The molecule has 1 atom stereocenters. The maximum absolute atomic E-state index is 12.1. The molecule has 7 heteroatoms. The Balaban J connectivity index is 3.13. The van der Waals surface area contributed by atoms with E-state index in [9.17, 15) is 8.42 Å². The molecule has 1 aromatic rings. The molecule has 0 bridgehead atoms. The number of hydrogen-bond donors (Lipinski definition) is 2. The van der Waals surface area contributed by atoms with Gasteiger partial charge in [0, 0.05) is 13.1 Å². The van der Waals surface area contributed by atoms with Crippen molar-refractivity contribution in [2.45, 2.75) is 38.1 Å². The van der Waals surface area contributed by atoms with Crippen LogP contribution in [0.15, 0.2) is 4.90 Å². The smallest absolute Gasteiger partial charge is 0.244 e. The van der Waals surface area contributed by atoms with Gasteiger partial charge in [0.25, 0.3) is 0 Å². The van der Waals surface area contributed by atoms with Gasteiger partial charge in [-0.2, -0.15) is 5.10 Å². The van der Waals surface area contributed by atoms with E-state index >= 15 is 0 Å². The monoisotopic (exact) mass is 261 g/mol. The molecule has 0 fully saturated rings. The Labute approximate surface area is 102 Å². The number of nitrogens with zero attached hydrogens (tertiary/aromatic N) is 2. The van der Waals surface area contributed by atoms with Crippen LogP contribution >= 0.6 is 0 Å². The van der Waals surface area contributed by atoms with Gasteiger partial charge in [0.15, 0.2) is 0 Å². The lowest BCUT2D eigenvalue weighted by atomic mass is 10.3. The lowest BCUT2D eigenvalue weighted by molar-refractivity contribution is 0.254. The van der Waals surface area contributed by atoms with E-state index in [1.165, 1.54) is 4.68 Å². The van der Waals surface area contributed by atoms with E-state index in [1.807, 2.05) is 6.92 Å². The van der Waals surface area contributed by atoms with Crippen LogP contribution < -0.4 is 4.72 Å². The summed E-state index contributed by atoms with van der Waals surface area (Å²) in [6.07, 6.45) is 0.536. The number of aliphatic hydroxyl groups excluding tert-OH is 1. The molecule has 98 valence electrons. The van der Waals surface area contributed by atoms with Gasteiger partial charge < -0.3 is 5.11 Å². The minimum atomic E-state index is -3.62. The molecule has 1 rings (SSSR count). The van der Waals surface area contributed by atoms with E-state index in [2.05, 4.69) is 9.82 Å². The van der Waals surface area contributed by atoms with Gasteiger partial charge in [-0.1, -0.05) is 6.92 Å². The molecule has 1 heterocycles. The number of aryl methyl sites for hydroxylation is 2.